The van der Waals surface area contributed by atoms with E-state index in [9.17, 15) is 4.79 Å². The molecule has 1 aliphatic carbocycles. The normalized spacial score (nSPS) is 23.1. The molecule has 1 aromatic rings. The Kier molecular flexibility index (Phi) is 9.51. The van der Waals surface area contributed by atoms with Crippen LogP contribution in [0.3, 0.4) is 0 Å². The van der Waals surface area contributed by atoms with Crippen molar-refractivity contribution in [2.45, 2.75) is 83.8 Å². The molecule has 0 aromatic heterocycles. The molecule has 5 nitrogen and oxygen atoms in total. The lowest BCUT2D eigenvalue weighted by Crippen LogP contribution is -2.35. The number of carbonyl (C=O) groups excluding carboxylic acids is 1. The smallest absolute Gasteiger partial charge is 0.404 e. The van der Waals surface area contributed by atoms with Crippen LogP contribution in [0.4, 0.5) is 4.79 Å². The minimum absolute atomic E-state index is 0.0467. The number of hydrogen-bond donors (Lipinski definition) is 1. The average Bonchev–Trinajstić information content (AvgIpc) is 2.72. The molecule has 31 heavy (non-hydrogen) atoms. The predicted molar refractivity (Wildman–Crippen MR) is 128 cm³/mol. The SMILES string of the molecule is CC(C)Oc1ccc(Br)c(CC2CCN(CCCC3CCC(OC(N)=O)CC3)CC2)c1. The highest BCUT2D eigenvalue weighted by molar-refractivity contribution is 9.10. The maximum Gasteiger partial charge on any atom is 0.404 e. The highest BCUT2D eigenvalue weighted by Gasteiger charge is 2.24. The molecule has 174 valence electrons. The van der Waals surface area contributed by atoms with Crippen molar-refractivity contribution < 1.29 is 14.3 Å². The Balaban J connectivity index is 1.33. The highest BCUT2D eigenvalue weighted by Crippen LogP contribution is 2.31. The van der Waals surface area contributed by atoms with Gasteiger partial charge in [-0.1, -0.05) is 15.9 Å². The van der Waals surface area contributed by atoms with Crippen molar-refractivity contribution in [3.8, 4) is 5.75 Å². The minimum atomic E-state index is -0.629. The maximum absolute atomic E-state index is 10.9. The summed E-state index contributed by atoms with van der Waals surface area (Å²) in [6.07, 6.45) is 10.1. The summed E-state index contributed by atoms with van der Waals surface area (Å²) in [5.41, 5.74) is 6.50. The molecule has 1 aromatic carbocycles. The van der Waals surface area contributed by atoms with Crippen LogP contribution in [0.2, 0.25) is 0 Å². The van der Waals surface area contributed by atoms with Gasteiger partial charge in [-0.05, 0) is 127 Å². The van der Waals surface area contributed by atoms with Crippen molar-refractivity contribution >= 4 is 22.0 Å². The first-order valence-corrected chi connectivity index (χ1v) is 12.8. The molecular formula is C25H39BrN2O3. The molecule has 1 saturated heterocycles. The Bertz CT molecular complexity index is 696. The van der Waals surface area contributed by atoms with E-state index in [1.165, 1.54) is 55.4 Å². The Morgan fingerprint density at radius 2 is 1.84 bits per heavy atom. The van der Waals surface area contributed by atoms with Crippen LogP contribution in [0.15, 0.2) is 22.7 Å². The molecule has 1 amide bonds. The fourth-order valence-electron chi connectivity index (χ4n) is 5.08. The van der Waals surface area contributed by atoms with Gasteiger partial charge in [0.1, 0.15) is 11.9 Å². The van der Waals surface area contributed by atoms with Crippen molar-refractivity contribution in [2.24, 2.45) is 17.6 Å². The largest absolute Gasteiger partial charge is 0.491 e. The third kappa shape index (κ3) is 8.30. The fourth-order valence-corrected chi connectivity index (χ4v) is 5.49. The number of likely N-dealkylation sites (tertiary alicyclic amines) is 1. The molecular weight excluding hydrogens is 456 g/mol. The number of halogens is 1. The minimum Gasteiger partial charge on any atom is -0.491 e. The van der Waals surface area contributed by atoms with Crippen LogP contribution in [-0.4, -0.2) is 42.8 Å². The Labute approximate surface area is 196 Å². The van der Waals surface area contributed by atoms with Crippen LogP contribution < -0.4 is 10.5 Å². The monoisotopic (exact) mass is 494 g/mol. The quantitative estimate of drug-likeness (QED) is 0.462. The standard InChI is InChI=1S/C25H39BrN2O3/c1-18(2)30-23-9-10-24(26)21(17-23)16-20-11-14-28(15-12-20)13-3-4-19-5-7-22(8-6-19)31-25(27)29/h9-10,17-20,22H,3-8,11-16H2,1-2H3,(H2,27,29). The third-order valence-corrected chi connectivity index (χ3v) is 7.54. The van der Waals surface area contributed by atoms with Gasteiger partial charge in [0, 0.05) is 4.47 Å². The van der Waals surface area contributed by atoms with Gasteiger partial charge >= 0.3 is 6.09 Å². The third-order valence-electron chi connectivity index (χ3n) is 6.77. The molecule has 6 heteroatoms. The Hall–Kier alpha value is -1.27. The van der Waals surface area contributed by atoms with E-state index in [4.69, 9.17) is 15.2 Å². The molecule has 0 spiro atoms. The van der Waals surface area contributed by atoms with Gasteiger partial charge < -0.3 is 20.1 Å². The number of carbonyl (C=O) groups is 1. The van der Waals surface area contributed by atoms with Gasteiger partial charge in [0.05, 0.1) is 6.10 Å². The van der Waals surface area contributed by atoms with Crippen LogP contribution in [-0.2, 0) is 11.2 Å². The number of rotatable bonds is 9. The number of nitrogens with zero attached hydrogens (tertiary/aromatic N) is 1. The van der Waals surface area contributed by atoms with Crippen LogP contribution in [0.25, 0.3) is 0 Å². The van der Waals surface area contributed by atoms with E-state index in [0.717, 1.165) is 49.7 Å². The van der Waals surface area contributed by atoms with Crippen molar-refractivity contribution in [1.82, 2.24) is 4.90 Å². The van der Waals surface area contributed by atoms with E-state index >= 15 is 0 Å². The van der Waals surface area contributed by atoms with Gasteiger partial charge in [0.15, 0.2) is 0 Å². The Morgan fingerprint density at radius 1 is 1.13 bits per heavy atom. The molecule has 3 rings (SSSR count). The lowest BCUT2D eigenvalue weighted by Gasteiger charge is -2.33. The molecule has 0 atom stereocenters. The van der Waals surface area contributed by atoms with Crippen molar-refractivity contribution in [3.63, 3.8) is 0 Å². The van der Waals surface area contributed by atoms with E-state index in [0.29, 0.717) is 0 Å². The second kappa shape index (κ2) is 12.1. The van der Waals surface area contributed by atoms with E-state index in [2.05, 4.69) is 46.8 Å². The van der Waals surface area contributed by atoms with Crippen LogP contribution in [0.5, 0.6) is 5.75 Å². The number of hydrogen-bond acceptors (Lipinski definition) is 4. The molecule has 2 aliphatic rings. The van der Waals surface area contributed by atoms with Crippen molar-refractivity contribution in [1.29, 1.82) is 0 Å². The summed E-state index contributed by atoms with van der Waals surface area (Å²) in [6, 6.07) is 6.38. The summed E-state index contributed by atoms with van der Waals surface area (Å²) in [4.78, 5) is 13.5. The molecule has 1 saturated carbocycles. The van der Waals surface area contributed by atoms with E-state index in [1.807, 2.05) is 6.07 Å². The molecule has 0 radical (unpaired) electrons. The zero-order valence-electron chi connectivity index (χ0n) is 19.2. The van der Waals surface area contributed by atoms with Gasteiger partial charge in [-0.25, -0.2) is 4.79 Å². The molecule has 2 fully saturated rings. The topological polar surface area (TPSA) is 64.8 Å². The average molecular weight is 496 g/mol. The summed E-state index contributed by atoms with van der Waals surface area (Å²) in [5.74, 6) is 2.51. The van der Waals surface area contributed by atoms with E-state index in [-0.39, 0.29) is 12.2 Å². The van der Waals surface area contributed by atoms with E-state index in [1.54, 1.807) is 0 Å². The first-order chi connectivity index (χ1) is 14.9. The summed E-state index contributed by atoms with van der Waals surface area (Å²) >= 11 is 3.73. The lowest BCUT2D eigenvalue weighted by molar-refractivity contribution is 0.0688. The molecule has 0 bridgehead atoms. The summed E-state index contributed by atoms with van der Waals surface area (Å²) in [6.45, 7) is 7.78. The van der Waals surface area contributed by atoms with Crippen LogP contribution in [0.1, 0.15) is 70.8 Å². The van der Waals surface area contributed by atoms with Crippen molar-refractivity contribution in [3.05, 3.63) is 28.2 Å². The number of nitrogens with two attached hydrogens (primary N) is 1. The van der Waals surface area contributed by atoms with Crippen LogP contribution >= 0.6 is 15.9 Å². The number of ether oxygens (including phenoxy) is 2. The lowest BCUT2D eigenvalue weighted by atomic mass is 9.84. The summed E-state index contributed by atoms with van der Waals surface area (Å²) in [7, 11) is 0. The second-order valence-corrected chi connectivity index (χ2v) is 10.5. The van der Waals surface area contributed by atoms with Gasteiger partial charge in [-0.3, -0.25) is 0 Å². The zero-order chi connectivity index (χ0) is 22.2. The number of piperidine rings is 1. The van der Waals surface area contributed by atoms with Gasteiger partial charge in [0.25, 0.3) is 0 Å². The van der Waals surface area contributed by atoms with Gasteiger partial charge in [0.2, 0.25) is 0 Å². The summed E-state index contributed by atoms with van der Waals surface area (Å²) < 4.78 is 12.2. The maximum atomic E-state index is 10.9. The molecule has 2 N–H and O–H groups in total. The van der Waals surface area contributed by atoms with Crippen LogP contribution in [0, 0.1) is 11.8 Å². The highest BCUT2D eigenvalue weighted by atomic mass is 79.9. The number of benzene rings is 1. The second-order valence-electron chi connectivity index (χ2n) is 9.63. The van der Waals surface area contributed by atoms with E-state index < -0.39 is 6.09 Å². The number of amides is 1. The van der Waals surface area contributed by atoms with Gasteiger partial charge in [-0.2, -0.15) is 0 Å². The fraction of sp³-hybridized carbons (Fsp3) is 0.720. The zero-order valence-corrected chi connectivity index (χ0v) is 20.7. The van der Waals surface area contributed by atoms with Gasteiger partial charge in [-0.15, -0.1) is 0 Å². The van der Waals surface area contributed by atoms with Crippen molar-refractivity contribution in [2.75, 3.05) is 19.6 Å². The first kappa shape index (κ1) is 24.4. The molecule has 1 heterocycles. The Morgan fingerprint density at radius 3 is 2.48 bits per heavy atom. The molecule has 1 aliphatic heterocycles. The molecule has 0 unspecified atom stereocenters. The predicted octanol–water partition coefficient (Wildman–Crippen LogP) is 5.93. The first-order valence-electron chi connectivity index (χ1n) is 12.0. The number of primary amides is 1. The summed E-state index contributed by atoms with van der Waals surface area (Å²) in [5, 5.41) is 0.